The van der Waals surface area contributed by atoms with Crippen molar-refractivity contribution < 1.29 is 10.1 Å². The van der Waals surface area contributed by atoms with Gasteiger partial charge in [-0.1, -0.05) is 23.8 Å². The highest BCUT2D eigenvalue weighted by molar-refractivity contribution is 8.01. The summed E-state index contributed by atoms with van der Waals surface area (Å²) >= 11 is 2.50. The van der Waals surface area contributed by atoms with Gasteiger partial charge in [0.15, 0.2) is 10.2 Å². The second kappa shape index (κ2) is 6.50. The summed E-state index contributed by atoms with van der Waals surface area (Å²) < 4.78 is 4.85. The molecule has 2 aromatic rings. The second-order valence-corrected chi connectivity index (χ2v) is 5.90. The quantitative estimate of drug-likeness (QED) is 0.284. The van der Waals surface area contributed by atoms with E-state index in [0.717, 1.165) is 12.2 Å². The Labute approximate surface area is 128 Å². The van der Waals surface area contributed by atoms with E-state index >= 15 is 0 Å². The SMILES string of the molecule is CCc1nsc(Sc2ccc([N+](=O)[O-])cc2/C(N)=N/O)n1. The number of benzene rings is 1. The van der Waals surface area contributed by atoms with Crippen molar-refractivity contribution in [3.8, 4) is 0 Å². The van der Waals surface area contributed by atoms with Crippen LogP contribution in [0.15, 0.2) is 32.6 Å². The van der Waals surface area contributed by atoms with Gasteiger partial charge in [0.2, 0.25) is 0 Å². The van der Waals surface area contributed by atoms with Crippen molar-refractivity contribution in [2.45, 2.75) is 22.6 Å². The number of hydrogen-bond acceptors (Lipinski definition) is 8. The Morgan fingerprint density at radius 1 is 1.62 bits per heavy atom. The first-order chi connectivity index (χ1) is 10.0. The van der Waals surface area contributed by atoms with E-state index in [1.165, 1.54) is 35.4 Å². The number of non-ortho nitro benzene ring substituents is 1. The van der Waals surface area contributed by atoms with Crippen LogP contribution in [0.25, 0.3) is 0 Å². The molecule has 0 atom stereocenters. The van der Waals surface area contributed by atoms with Crippen LogP contribution in [0.3, 0.4) is 0 Å². The molecule has 0 bridgehead atoms. The number of aromatic nitrogens is 2. The molecule has 0 aliphatic rings. The molecule has 0 spiro atoms. The average Bonchev–Trinajstić information content (AvgIpc) is 2.94. The monoisotopic (exact) mass is 325 g/mol. The van der Waals surface area contributed by atoms with Gasteiger partial charge in [-0.15, -0.1) is 0 Å². The minimum absolute atomic E-state index is 0.132. The van der Waals surface area contributed by atoms with Crippen LogP contribution in [-0.2, 0) is 6.42 Å². The van der Waals surface area contributed by atoms with Crippen LogP contribution in [0.1, 0.15) is 18.3 Å². The lowest BCUT2D eigenvalue weighted by atomic mass is 10.2. The number of nitro benzene ring substituents is 1. The van der Waals surface area contributed by atoms with E-state index in [-0.39, 0.29) is 17.1 Å². The normalized spacial score (nSPS) is 11.6. The Kier molecular flexibility index (Phi) is 4.70. The predicted molar refractivity (Wildman–Crippen MR) is 79.0 cm³/mol. The van der Waals surface area contributed by atoms with Crippen molar-refractivity contribution in [3.63, 3.8) is 0 Å². The topological polar surface area (TPSA) is 128 Å². The van der Waals surface area contributed by atoms with Crippen LogP contribution in [0, 0.1) is 10.1 Å². The lowest BCUT2D eigenvalue weighted by Crippen LogP contribution is -2.14. The third kappa shape index (κ3) is 3.47. The predicted octanol–water partition coefficient (Wildman–Crippen LogP) is 2.25. The highest BCUT2D eigenvalue weighted by Gasteiger charge is 2.16. The van der Waals surface area contributed by atoms with Gasteiger partial charge >= 0.3 is 0 Å². The standard InChI is InChI=1S/C11H11N5O3S2/c1-2-9-13-11(21-15-9)20-8-4-3-6(16(18)19)5-7(8)10(12)14-17/h3-5,17H,2H2,1H3,(H2,12,14). The summed E-state index contributed by atoms with van der Waals surface area (Å²) in [6, 6.07) is 4.17. The summed E-state index contributed by atoms with van der Waals surface area (Å²) in [5, 5.41) is 22.5. The number of nitrogens with zero attached hydrogens (tertiary/aromatic N) is 4. The maximum absolute atomic E-state index is 10.8. The van der Waals surface area contributed by atoms with Crippen LogP contribution >= 0.6 is 23.3 Å². The molecule has 2 rings (SSSR count). The zero-order valence-corrected chi connectivity index (χ0v) is 12.5. The van der Waals surface area contributed by atoms with Gasteiger partial charge in [-0.05, 0) is 17.6 Å². The van der Waals surface area contributed by atoms with Crippen LogP contribution in [0.4, 0.5) is 5.69 Å². The molecule has 0 amide bonds. The molecule has 0 saturated carbocycles. The number of nitro groups is 1. The zero-order chi connectivity index (χ0) is 15.4. The summed E-state index contributed by atoms with van der Waals surface area (Å²) in [5.41, 5.74) is 5.73. The maximum atomic E-state index is 10.8. The van der Waals surface area contributed by atoms with Crippen LogP contribution in [0.2, 0.25) is 0 Å². The van der Waals surface area contributed by atoms with E-state index in [4.69, 9.17) is 10.9 Å². The van der Waals surface area contributed by atoms with Crippen LogP contribution in [0.5, 0.6) is 0 Å². The highest BCUT2D eigenvalue weighted by atomic mass is 32.2. The summed E-state index contributed by atoms with van der Waals surface area (Å²) in [4.78, 5) is 15.2. The van der Waals surface area contributed by atoms with Crippen molar-refractivity contribution in [1.29, 1.82) is 0 Å². The smallest absolute Gasteiger partial charge is 0.270 e. The second-order valence-electron chi connectivity index (χ2n) is 3.85. The van der Waals surface area contributed by atoms with E-state index < -0.39 is 4.92 Å². The molecule has 3 N–H and O–H groups in total. The third-order valence-corrected chi connectivity index (χ3v) is 4.39. The van der Waals surface area contributed by atoms with E-state index in [2.05, 4.69) is 14.5 Å². The number of rotatable bonds is 5. The minimum atomic E-state index is -0.539. The Bertz CT molecular complexity index is 701. The third-order valence-electron chi connectivity index (χ3n) is 2.52. The molecule has 0 aliphatic carbocycles. The van der Waals surface area contributed by atoms with E-state index in [0.29, 0.717) is 9.24 Å². The molecule has 0 unspecified atom stereocenters. The van der Waals surface area contributed by atoms with Gasteiger partial charge in [0.05, 0.1) is 4.92 Å². The van der Waals surface area contributed by atoms with Crippen LogP contribution in [-0.4, -0.2) is 25.3 Å². The molecule has 21 heavy (non-hydrogen) atoms. The summed E-state index contributed by atoms with van der Waals surface area (Å²) in [6.07, 6.45) is 0.727. The highest BCUT2D eigenvalue weighted by Crippen LogP contribution is 2.33. The van der Waals surface area contributed by atoms with Gasteiger partial charge in [-0.2, -0.15) is 4.37 Å². The van der Waals surface area contributed by atoms with E-state index in [1.807, 2.05) is 6.92 Å². The van der Waals surface area contributed by atoms with Gasteiger partial charge in [0, 0.05) is 29.0 Å². The van der Waals surface area contributed by atoms with Crippen LogP contribution < -0.4 is 5.73 Å². The van der Waals surface area contributed by atoms with Gasteiger partial charge in [-0.3, -0.25) is 10.1 Å². The van der Waals surface area contributed by atoms with Gasteiger partial charge in [0.1, 0.15) is 5.82 Å². The molecule has 1 aromatic heterocycles. The first kappa shape index (κ1) is 15.2. The number of oxime groups is 1. The van der Waals surface area contributed by atoms with Crippen molar-refractivity contribution in [2.24, 2.45) is 10.9 Å². The summed E-state index contributed by atoms with van der Waals surface area (Å²) in [6.45, 7) is 1.95. The summed E-state index contributed by atoms with van der Waals surface area (Å²) in [7, 11) is 0. The Morgan fingerprint density at radius 3 is 2.95 bits per heavy atom. The fraction of sp³-hybridized carbons (Fsp3) is 0.182. The van der Waals surface area contributed by atoms with E-state index in [9.17, 15) is 10.1 Å². The van der Waals surface area contributed by atoms with Gasteiger partial charge < -0.3 is 10.9 Å². The maximum Gasteiger partial charge on any atom is 0.270 e. The van der Waals surface area contributed by atoms with E-state index in [1.54, 1.807) is 6.07 Å². The molecule has 110 valence electrons. The molecule has 1 aromatic carbocycles. The molecule has 0 radical (unpaired) electrons. The zero-order valence-electron chi connectivity index (χ0n) is 10.9. The minimum Gasteiger partial charge on any atom is -0.409 e. The molecule has 0 fully saturated rings. The first-order valence-electron chi connectivity index (χ1n) is 5.82. The van der Waals surface area contributed by atoms with Gasteiger partial charge in [-0.25, -0.2) is 4.98 Å². The fourth-order valence-electron chi connectivity index (χ4n) is 1.49. The number of nitrogens with two attached hydrogens (primary N) is 1. The van der Waals surface area contributed by atoms with Crippen molar-refractivity contribution in [1.82, 2.24) is 9.36 Å². The van der Waals surface area contributed by atoms with Gasteiger partial charge in [0.25, 0.3) is 5.69 Å². The number of aryl methyl sites for hydroxylation is 1. The number of amidine groups is 1. The fourth-order valence-corrected chi connectivity index (χ4v) is 3.27. The Morgan fingerprint density at radius 2 is 2.38 bits per heavy atom. The first-order valence-corrected chi connectivity index (χ1v) is 7.41. The molecular weight excluding hydrogens is 314 g/mol. The largest absolute Gasteiger partial charge is 0.409 e. The Balaban J connectivity index is 2.40. The summed E-state index contributed by atoms with van der Waals surface area (Å²) in [5.74, 6) is 0.538. The number of hydrogen-bond donors (Lipinski definition) is 2. The molecule has 0 saturated heterocycles. The van der Waals surface area contributed by atoms with Crippen molar-refractivity contribution in [2.75, 3.05) is 0 Å². The lowest BCUT2D eigenvalue weighted by Gasteiger charge is -2.05. The average molecular weight is 325 g/mol. The lowest BCUT2D eigenvalue weighted by molar-refractivity contribution is -0.384. The molecule has 1 heterocycles. The molecule has 0 aliphatic heterocycles. The Hall–Kier alpha value is -2.20. The molecular formula is C11H11N5O3S2. The molecule has 10 heteroatoms. The molecule has 8 nitrogen and oxygen atoms in total. The van der Waals surface area contributed by atoms with Crippen molar-refractivity contribution in [3.05, 3.63) is 39.7 Å². The van der Waals surface area contributed by atoms with Crippen molar-refractivity contribution >= 4 is 34.8 Å².